The molecule has 1 heterocycles. The maximum Gasteiger partial charge on any atom is 0.258 e. The van der Waals surface area contributed by atoms with Crippen LogP contribution < -0.4 is 10.9 Å². The molecule has 0 aliphatic carbocycles. The predicted molar refractivity (Wildman–Crippen MR) is 106 cm³/mol. The van der Waals surface area contributed by atoms with Crippen LogP contribution in [-0.2, 0) is 4.79 Å². The first-order valence-electron chi connectivity index (χ1n) is 7.69. The minimum absolute atomic E-state index is 0.105. The van der Waals surface area contributed by atoms with E-state index in [-0.39, 0.29) is 22.5 Å². The molecule has 0 saturated heterocycles. The van der Waals surface area contributed by atoms with Crippen LogP contribution in [0.2, 0.25) is 0 Å². The quantitative estimate of drug-likeness (QED) is 0.654. The van der Waals surface area contributed by atoms with E-state index in [0.29, 0.717) is 16.7 Å². The number of hydrogen-bond acceptors (Lipinski definition) is 4. The Morgan fingerprint density at radius 2 is 1.96 bits per heavy atom. The number of aromatic nitrogens is 2. The lowest BCUT2D eigenvalue weighted by molar-refractivity contribution is -0.113. The number of aromatic amines is 1. The van der Waals surface area contributed by atoms with Crippen LogP contribution in [0.3, 0.4) is 0 Å². The molecule has 3 aromatic rings. The number of hydrogen-bond donors (Lipinski definition) is 2. The molecule has 0 aliphatic heterocycles. The lowest BCUT2D eigenvalue weighted by atomic mass is 10.2. The van der Waals surface area contributed by atoms with E-state index in [1.54, 1.807) is 6.07 Å². The van der Waals surface area contributed by atoms with E-state index < -0.39 is 0 Å². The van der Waals surface area contributed by atoms with Gasteiger partial charge in [-0.2, -0.15) is 0 Å². The molecule has 0 radical (unpaired) electrons. The van der Waals surface area contributed by atoms with Crippen LogP contribution in [0, 0.1) is 0 Å². The van der Waals surface area contributed by atoms with Crippen LogP contribution in [0.25, 0.3) is 10.9 Å². The Labute approximate surface area is 157 Å². The van der Waals surface area contributed by atoms with Crippen molar-refractivity contribution in [1.82, 2.24) is 9.97 Å². The van der Waals surface area contributed by atoms with Crippen molar-refractivity contribution in [2.75, 3.05) is 11.1 Å². The zero-order valence-corrected chi connectivity index (χ0v) is 15.9. The molecule has 0 fully saturated rings. The number of nitrogens with one attached hydrogen (secondary N) is 2. The van der Waals surface area contributed by atoms with Gasteiger partial charge in [-0.3, -0.25) is 9.59 Å². The molecule has 1 atom stereocenters. The molecule has 3 rings (SSSR count). The summed E-state index contributed by atoms with van der Waals surface area (Å²) < 4.78 is 0.835. The number of rotatable bonds is 5. The van der Waals surface area contributed by atoms with Gasteiger partial charge < -0.3 is 10.3 Å². The van der Waals surface area contributed by atoms with E-state index in [1.165, 1.54) is 11.8 Å². The Bertz CT molecular complexity index is 974. The molecule has 1 amide bonds. The molecule has 2 aromatic carbocycles. The summed E-state index contributed by atoms with van der Waals surface area (Å²) in [6.07, 6.45) is 0. The van der Waals surface area contributed by atoms with Gasteiger partial charge in [0, 0.05) is 4.47 Å². The molecule has 25 heavy (non-hydrogen) atoms. The fraction of sp³-hybridized carbons (Fsp3) is 0.167. The summed E-state index contributed by atoms with van der Waals surface area (Å²) in [5.74, 6) is 0.730. The molecule has 1 aromatic heterocycles. The Balaban J connectivity index is 1.66. The Kier molecular flexibility index (Phi) is 5.55. The van der Waals surface area contributed by atoms with Gasteiger partial charge in [-0.05, 0) is 47.1 Å². The molecule has 5 nitrogen and oxygen atoms in total. The lowest BCUT2D eigenvalue weighted by Gasteiger charge is -2.12. The third kappa shape index (κ3) is 4.29. The average Bonchev–Trinajstić information content (AvgIpc) is 2.61. The Hall–Kier alpha value is -2.12. The van der Waals surface area contributed by atoms with Gasteiger partial charge in [0.2, 0.25) is 5.91 Å². The van der Waals surface area contributed by atoms with Gasteiger partial charge in [-0.25, -0.2) is 4.98 Å². The number of nitrogens with zero attached hydrogens (tertiary/aromatic N) is 1. The highest BCUT2D eigenvalue weighted by molar-refractivity contribution is 9.10. The van der Waals surface area contributed by atoms with E-state index in [0.717, 1.165) is 10.2 Å². The van der Waals surface area contributed by atoms with Crippen molar-refractivity contribution in [2.24, 2.45) is 0 Å². The SMILES string of the molecule is C[C@@H](SCC(=O)Nc1ccccc1Br)c1nc2ccccc2c(=O)[nH]1. The third-order valence-corrected chi connectivity index (χ3v) is 5.47. The molecule has 0 aliphatic rings. The number of amides is 1. The van der Waals surface area contributed by atoms with Crippen molar-refractivity contribution in [1.29, 1.82) is 0 Å². The largest absolute Gasteiger partial charge is 0.324 e. The summed E-state index contributed by atoms with van der Waals surface area (Å²) in [5, 5.41) is 3.31. The van der Waals surface area contributed by atoms with E-state index in [9.17, 15) is 9.59 Å². The van der Waals surface area contributed by atoms with Crippen molar-refractivity contribution < 1.29 is 4.79 Å². The van der Waals surface area contributed by atoms with E-state index in [1.807, 2.05) is 49.4 Å². The van der Waals surface area contributed by atoms with Gasteiger partial charge in [0.1, 0.15) is 5.82 Å². The number of H-pyrrole nitrogens is 1. The molecular weight excluding hydrogens is 402 g/mol. The lowest BCUT2D eigenvalue weighted by Crippen LogP contribution is -2.17. The minimum Gasteiger partial charge on any atom is -0.324 e. The van der Waals surface area contributed by atoms with Crippen LogP contribution in [-0.4, -0.2) is 21.6 Å². The van der Waals surface area contributed by atoms with Crippen molar-refractivity contribution in [2.45, 2.75) is 12.2 Å². The van der Waals surface area contributed by atoms with Crippen LogP contribution in [0.4, 0.5) is 5.69 Å². The van der Waals surface area contributed by atoms with Gasteiger partial charge in [0.15, 0.2) is 0 Å². The van der Waals surface area contributed by atoms with Crippen molar-refractivity contribution in [3.63, 3.8) is 0 Å². The summed E-state index contributed by atoms with van der Waals surface area (Å²) in [7, 11) is 0. The molecular formula is C18H16BrN3O2S. The fourth-order valence-corrected chi connectivity index (χ4v) is 3.45. The van der Waals surface area contributed by atoms with Crippen LogP contribution in [0.15, 0.2) is 57.8 Å². The van der Waals surface area contributed by atoms with Crippen molar-refractivity contribution in [3.05, 3.63) is 69.2 Å². The van der Waals surface area contributed by atoms with E-state index >= 15 is 0 Å². The summed E-state index contributed by atoms with van der Waals surface area (Å²) in [6, 6.07) is 14.7. The van der Waals surface area contributed by atoms with Crippen LogP contribution >= 0.6 is 27.7 Å². The second kappa shape index (κ2) is 7.84. The average molecular weight is 418 g/mol. The van der Waals surface area contributed by atoms with Gasteiger partial charge >= 0.3 is 0 Å². The second-order valence-electron chi connectivity index (χ2n) is 5.45. The number of thioether (sulfide) groups is 1. The summed E-state index contributed by atoms with van der Waals surface area (Å²) in [5.41, 5.74) is 1.23. The molecule has 7 heteroatoms. The maximum absolute atomic E-state index is 12.1. The Morgan fingerprint density at radius 1 is 1.24 bits per heavy atom. The number of carbonyl (C=O) groups is 1. The minimum atomic E-state index is -0.161. The fourth-order valence-electron chi connectivity index (χ4n) is 2.33. The zero-order chi connectivity index (χ0) is 17.8. The summed E-state index contributed by atoms with van der Waals surface area (Å²) >= 11 is 4.82. The van der Waals surface area contributed by atoms with Gasteiger partial charge in [0.25, 0.3) is 5.56 Å². The maximum atomic E-state index is 12.1. The molecule has 128 valence electrons. The first-order chi connectivity index (χ1) is 12.0. The topological polar surface area (TPSA) is 74.8 Å². The zero-order valence-electron chi connectivity index (χ0n) is 13.5. The predicted octanol–water partition coefficient (Wildman–Crippen LogP) is 4.12. The number of fused-ring (bicyclic) bond motifs is 1. The Morgan fingerprint density at radius 3 is 2.76 bits per heavy atom. The summed E-state index contributed by atoms with van der Waals surface area (Å²) in [4.78, 5) is 31.6. The molecule has 0 spiro atoms. The molecule has 0 bridgehead atoms. The highest BCUT2D eigenvalue weighted by atomic mass is 79.9. The van der Waals surface area contributed by atoms with Gasteiger partial charge in [-0.1, -0.05) is 24.3 Å². The number of para-hydroxylation sites is 2. The highest BCUT2D eigenvalue weighted by Crippen LogP contribution is 2.26. The summed E-state index contributed by atoms with van der Waals surface area (Å²) in [6.45, 7) is 1.92. The monoisotopic (exact) mass is 417 g/mol. The second-order valence-corrected chi connectivity index (χ2v) is 7.63. The first kappa shape index (κ1) is 17.7. The smallest absolute Gasteiger partial charge is 0.258 e. The van der Waals surface area contributed by atoms with Crippen molar-refractivity contribution in [3.8, 4) is 0 Å². The third-order valence-electron chi connectivity index (χ3n) is 3.63. The molecule has 0 saturated carbocycles. The number of halogens is 1. The molecule has 2 N–H and O–H groups in total. The van der Waals surface area contributed by atoms with Gasteiger partial charge in [0.05, 0.1) is 27.6 Å². The molecule has 0 unspecified atom stereocenters. The number of benzene rings is 2. The number of carbonyl (C=O) groups excluding carboxylic acids is 1. The van der Waals surface area contributed by atoms with Crippen molar-refractivity contribution >= 4 is 50.2 Å². The van der Waals surface area contributed by atoms with Crippen LogP contribution in [0.1, 0.15) is 18.0 Å². The van der Waals surface area contributed by atoms with Crippen LogP contribution in [0.5, 0.6) is 0 Å². The number of anilines is 1. The van der Waals surface area contributed by atoms with E-state index in [2.05, 4.69) is 31.2 Å². The normalized spacial score (nSPS) is 12.1. The van der Waals surface area contributed by atoms with E-state index in [4.69, 9.17) is 0 Å². The first-order valence-corrected chi connectivity index (χ1v) is 9.53. The van der Waals surface area contributed by atoms with Gasteiger partial charge in [-0.15, -0.1) is 11.8 Å². The highest BCUT2D eigenvalue weighted by Gasteiger charge is 2.14. The standard InChI is InChI=1S/C18H16BrN3O2S/c1-11(17-21-14-8-4-2-6-12(14)18(24)22-17)25-10-16(23)20-15-9-5-3-7-13(15)19/h2-9,11H,10H2,1H3,(H,20,23)(H,21,22,24)/t11-/m1/s1.